The van der Waals surface area contributed by atoms with Crippen molar-refractivity contribution in [2.24, 2.45) is 0 Å². The van der Waals surface area contributed by atoms with Crippen LogP contribution in [0.25, 0.3) is 0 Å². The molecular weight excluding hydrogens is 409 g/mol. The summed E-state index contributed by atoms with van der Waals surface area (Å²) >= 11 is 0. The first-order chi connectivity index (χ1) is 13.5. The molecule has 2 amide bonds. The Kier molecular flexibility index (Phi) is 6.68. The van der Waals surface area contributed by atoms with Crippen molar-refractivity contribution in [1.82, 2.24) is 4.90 Å². The van der Waals surface area contributed by atoms with E-state index in [9.17, 15) is 31.2 Å². The summed E-state index contributed by atoms with van der Waals surface area (Å²) in [6.07, 6.45) is 0. The molecule has 0 saturated heterocycles. The van der Waals surface area contributed by atoms with Gasteiger partial charge in [-0.2, -0.15) is 13.2 Å². The number of benzene rings is 2. The molecule has 2 aromatic carbocycles. The molecule has 2 aromatic rings. The number of sulfone groups is 1. The minimum absolute atomic E-state index is 0.00421. The van der Waals surface area contributed by atoms with Gasteiger partial charge in [0.15, 0.2) is 0 Å². The number of hydrogen-bond acceptors (Lipinski definition) is 4. The van der Waals surface area contributed by atoms with Gasteiger partial charge in [-0.15, -0.1) is 0 Å². The van der Waals surface area contributed by atoms with Gasteiger partial charge in [0.2, 0.25) is 5.91 Å². The number of hydrogen-bond donors (Lipinski definition) is 1. The summed E-state index contributed by atoms with van der Waals surface area (Å²) in [5, 5.41) is 2.59. The van der Waals surface area contributed by atoms with Gasteiger partial charge in [0.25, 0.3) is 15.7 Å². The van der Waals surface area contributed by atoms with Crippen molar-refractivity contribution >= 4 is 27.3 Å². The van der Waals surface area contributed by atoms with Crippen molar-refractivity contribution in [1.29, 1.82) is 0 Å². The average molecular weight is 428 g/mol. The highest BCUT2D eigenvalue weighted by Gasteiger charge is 2.46. The molecule has 0 fully saturated rings. The van der Waals surface area contributed by atoms with Crippen LogP contribution in [0, 0.1) is 0 Å². The van der Waals surface area contributed by atoms with Crippen LogP contribution in [0.4, 0.5) is 18.9 Å². The molecule has 156 valence electrons. The number of carbonyl (C=O) groups is 2. The summed E-state index contributed by atoms with van der Waals surface area (Å²) in [7, 11) is -5.47. The van der Waals surface area contributed by atoms with Crippen molar-refractivity contribution in [2.75, 3.05) is 11.9 Å². The van der Waals surface area contributed by atoms with E-state index >= 15 is 0 Å². The van der Waals surface area contributed by atoms with Gasteiger partial charge in [-0.3, -0.25) is 9.59 Å². The number of halogens is 3. The van der Waals surface area contributed by atoms with Crippen molar-refractivity contribution in [3.8, 4) is 0 Å². The maximum absolute atomic E-state index is 12.6. The molecule has 0 aliphatic rings. The van der Waals surface area contributed by atoms with Crippen molar-refractivity contribution in [3.05, 3.63) is 59.7 Å². The third-order valence-electron chi connectivity index (χ3n) is 4.12. The zero-order valence-electron chi connectivity index (χ0n) is 15.7. The number of anilines is 1. The molecule has 2 rings (SSSR count). The molecule has 0 radical (unpaired) electrons. The fourth-order valence-electron chi connectivity index (χ4n) is 2.54. The smallest absolute Gasteiger partial charge is 0.339 e. The van der Waals surface area contributed by atoms with E-state index in [4.69, 9.17) is 0 Å². The van der Waals surface area contributed by atoms with Gasteiger partial charge in [0.05, 0.1) is 4.90 Å². The lowest BCUT2D eigenvalue weighted by atomic mass is 10.1. The maximum atomic E-state index is 12.6. The maximum Gasteiger partial charge on any atom is 0.501 e. The predicted molar refractivity (Wildman–Crippen MR) is 101 cm³/mol. The molecule has 0 aliphatic carbocycles. The van der Waals surface area contributed by atoms with Gasteiger partial charge in [-0.05, 0) is 48.9 Å². The number of amides is 2. The van der Waals surface area contributed by atoms with E-state index in [1.165, 1.54) is 6.92 Å². The highest BCUT2D eigenvalue weighted by molar-refractivity contribution is 7.92. The van der Waals surface area contributed by atoms with Crippen LogP contribution in [0.1, 0.15) is 29.8 Å². The Hall–Kier alpha value is -2.88. The molecule has 0 aliphatic heterocycles. The van der Waals surface area contributed by atoms with Crippen LogP contribution in [-0.4, -0.2) is 37.2 Å². The first kappa shape index (κ1) is 22.4. The second-order valence-electron chi connectivity index (χ2n) is 6.16. The van der Waals surface area contributed by atoms with E-state index in [2.05, 4.69) is 5.32 Å². The summed E-state index contributed by atoms with van der Waals surface area (Å²) in [5.74, 6) is -0.701. The molecule has 0 unspecified atom stereocenters. The standard InChI is InChI=1S/C19H19F3N2O4S/c1-3-24(13(2)25)12-14-5-4-6-16(11-14)23-18(26)15-7-9-17(10-8-15)29(27,28)19(20,21)22/h4-11H,3,12H2,1-2H3,(H,23,26). The van der Waals surface area contributed by atoms with Crippen molar-refractivity contribution < 1.29 is 31.2 Å². The van der Waals surface area contributed by atoms with Gasteiger partial charge in [0.1, 0.15) is 0 Å². The molecule has 1 N–H and O–H groups in total. The predicted octanol–water partition coefficient (Wildman–Crippen LogP) is 3.60. The Morgan fingerprint density at radius 3 is 2.21 bits per heavy atom. The zero-order chi connectivity index (χ0) is 21.8. The topological polar surface area (TPSA) is 83.6 Å². The Morgan fingerprint density at radius 1 is 1.07 bits per heavy atom. The minimum atomic E-state index is -5.47. The Labute approximate surface area is 166 Å². The zero-order valence-corrected chi connectivity index (χ0v) is 16.5. The first-order valence-electron chi connectivity index (χ1n) is 8.53. The molecule has 0 bridgehead atoms. The van der Waals surface area contributed by atoms with Gasteiger partial charge in [-0.25, -0.2) is 8.42 Å². The van der Waals surface area contributed by atoms with E-state index in [0.29, 0.717) is 18.8 Å². The van der Waals surface area contributed by atoms with E-state index in [1.54, 1.807) is 29.2 Å². The summed E-state index contributed by atoms with van der Waals surface area (Å²) in [5.41, 5.74) is -4.20. The van der Waals surface area contributed by atoms with Crippen molar-refractivity contribution in [2.45, 2.75) is 30.8 Å². The molecule has 0 heterocycles. The highest BCUT2D eigenvalue weighted by Crippen LogP contribution is 2.30. The van der Waals surface area contributed by atoms with Crippen LogP contribution in [-0.2, 0) is 21.2 Å². The van der Waals surface area contributed by atoms with Crippen molar-refractivity contribution in [3.63, 3.8) is 0 Å². The lowest BCUT2D eigenvalue weighted by Gasteiger charge is -2.19. The molecule has 0 spiro atoms. The second-order valence-corrected chi connectivity index (χ2v) is 8.10. The largest absolute Gasteiger partial charge is 0.501 e. The van der Waals surface area contributed by atoms with Crippen LogP contribution < -0.4 is 5.32 Å². The molecule has 0 saturated carbocycles. The summed E-state index contributed by atoms with van der Waals surface area (Å²) in [6, 6.07) is 10.3. The summed E-state index contributed by atoms with van der Waals surface area (Å²) in [4.78, 5) is 24.5. The summed E-state index contributed by atoms with van der Waals surface area (Å²) in [6.45, 7) is 4.19. The first-order valence-corrected chi connectivity index (χ1v) is 10.0. The van der Waals surface area contributed by atoms with E-state index in [-0.39, 0.29) is 11.5 Å². The van der Waals surface area contributed by atoms with Gasteiger partial charge in [-0.1, -0.05) is 12.1 Å². The third-order valence-corrected chi connectivity index (χ3v) is 5.62. The molecule has 6 nitrogen and oxygen atoms in total. The Morgan fingerprint density at radius 2 is 1.69 bits per heavy atom. The molecule has 10 heteroatoms. The van der Waals surface area contributed by atoms with Gasteiger partial charge >= 0.3 is 5.51 Å². The molecular formula is C19H19F3N2O4S. The third kappa shape index (κ3) is 5.35. The normalized spacial score (nSPS) is 11.8. The number of carbonyl (C=O) groups excluding carboxylic acids is 2. The van der Waals surface area contributed by atoms with E-state index < -0.39 is 26.1 Å². The molecule has 0 aromatic heterocycles. The molecule has 0 atom stereocenters. The fraction of sp³-hybridized carbons (Fsp3) is 0.263. The van der Waals surface area contributed by atoms with Crippen LogP contribution in [0.5, 0.6) is 0 Å². The monoisotopic (exact) mass is 428 g/mol. The Bertz CT molecular complexity index is 1000. The number of rotatable bonds is 6. The Balaban J connectivity index is 2.15. The van der Waals surface area contributed by atoms with E-state index in [1.807, 2.05) is 6.92 Å². The fourth-order valence-corrected chi connectivity index (χ4v) is 3.30. The lowest BCUT2D eigenvalue weighted by Crippen LogP contribution is -2.27. The minimum Gasteiger partial charge on any atom is -0.339 e. The van der Waals surface area contributed by atoms with E-state index in [0.717, 1.165) is 29.8 Å². The quantitative estimate of drug-likeness (QED) is 0.762. The molecule has 29 heavy (non-hydrogen) atoms. The number of nitrogens with one attached hydrogen (secondary N) is 1. The lowest BCUT2D eigenvalue weighted by molar-refractivity contribution is -0.129. The van der Waals surface area contributed by atoms with Gasteiger partial charge in [0, 0.05) is 31.3 Å². The van der Waals surface area contributed by atoms with Crippen LogP contribution >= 0.6 is 0 Å². The van der Waals surface area contributed by atoms with Crippen LogP contribution in [0.3, 0.4) is 0 Å². The average Bonchev–Trinajstić information content (AvgIpc) is 2.65. The van der Waals surface area contributed by atoms with Gasteiger partial charge < -0.3 is 10.2 Å². The van der Waals surface area contributed by atoms with Crippen LogP contribution in [0.2, 0.25) is 0 Å². The highest BCUT2D eigenvalue weighted by atomic mass is 32.2. The summed E-state index contributed by atoms with van der Waals surface area (Å²) < 4.78 is 60.5. The van der Waals surface area contributed by atoms with Crippen LogP contribution in [0.15, 0.2) is 53.4 Å². The number of alkyl halides is 3. The SMILES string of the molecule is CCN(Cc1cccc(NC(=O)c2ccc(S(=O)(=O)C(F)(F)F)cc2)c1)C(C)=O. The second kappa shape index (κ2) is 8.64. The number of nitrogens with zero attached hydrogens (tertiary/aromatic N) is 1.